The Morgan fingerprint density at radius 3 is 2.14 bits per heavy atom. The Balaban J connectivity index is 1.78. The highest BCUT2D eigenvalue weighted by Gasteiger charge is 2.25. The molecular weight excluding hydrogens is 474 g/mol. The predicted molar refractivity (Wildman–Crippen MR) is 144 cm³/mol. The number of nitrogens with one attached hydrogen (secondary N) is 1. The minimum Gasteiger partial charge on any atom is -0.481 e. The molecule has 0 fully saturated rings. The first kappa shape index (κ1) is 27.4. The molecule has 1 amide bonds. The van der Waals surface area contributed by atoms with Crippen molar-refractivity contribution in [3.63, 3.8) is 0 Å². The molecule has 2 atom stereocenters. The number of aliphatic carboxylic acids is 1. The third kappa shape index (κ3) is 8.21. The molecule has 3 aromatic carbocycles. The van der Waals surface area contributed by atoms with E-state index in [1.54, 1.807) is 12.1 Å². The number of rotatable bonds is 13. The molecule has 0 radical (unpaired) electrons. The van der Waals surface area contributed by atoms with Crippen LogP contribution >= 0.6 is 11.6 Å². The number of benzene rings is 3. The standard InChI is InChI=1S/C30H34ClNO4/c1-3-4-27(23-9-11-25(12-10-23)30(35)32-18-17-29(33)34)28(24-13-15-26(31)16-14-24)20-36-19-22-7-5-21(2)6-8-22/h5-16,27-28H,3-4,17-20H2,1-2H3,(H,32,35)(H,33,34). The second-order valence-corrected chi connectivity index (χ2v) is 9.51. The summed E-state index contributed by atoms with van der Waals surface area (Å²) in [5.74, 6) is -0.905. The maximum absolute atomic E-state index is 12.4. The van der Waals surface area contributed by atoms with Gasteiger partial charge in [-0.05, 0) is 60.2 Å². The second-order valence-electron chi connectivity index (χ2n) is 9.08. The van der Waals surface area contributed by atoms with E-state index in [2.05, 4.69) is 55.6 Å². The average Bonchev–Trinajstić information content (AvgIpc) is 2.87. The van der Waals surface area contributed by atoms with Gasteiger partial charge in [-0.2, -0.15) is 0 Å². The molecule has 6 heteroatoms. The van der Waals surface area contributed by atoms with Crippen LogP contribution in [0.3, 0.4) is 0 Å². The van der Waals surface area contributed by atoms with Crippen LogP contribution in [0.1, 0.15) is 70.6 Å². The molecule has 2 unspecified atom stereocenters. The minimum atomic E-state index is -0.939. The predicted octanol–water partition coefficient (Wildman–Crippen LogP) is 6.74. The van der Waals surface area contributed by atoms with Crippen LogP contribution in [0.15, 0.2) is 72.8 Å². The fourth-order valence-corrected chi connectivity index (χ4v) is 4.45. The van der Waals surface area contributed by atoms with Crippen molar-refractivity contribution in [1.82, 2.24) is 5.32 Å². The number of ether oxygens (including phenoxy) is 1. The van der Waals surface area contributed by atoms with Crippen molar-refractivity contribution >= 4 is 23.5 Å². The number of hydrogen-bond acceptors (Lipinski definition) is 3. The van der Waals surface area contributed by atoms with Gasteiger partial charge in [0.2, 0.25) is 0 Å². The van der Waals surface area contributed by atoms with Gasteiger partial charge in [-0.15, -0.1) is 0 Å². The minimum absolute atomic E-state index is 0.103. The van der Waals surface area contributed by atoms with Crippen molar-refractivity contribution < 1.29 is 19.4 Å². The molecule has 3 aromatic rings. The van der Waals surface area contributed by atoms with Crippen LogP contribution in [-0.4, -0.2) is 30.1 Å². The normalized spacial score (nSPS) is 12.6. The molecule has 0 aliphatic carbocycles. The fraction of sp³-hybridized carbons (Fsp3) is 0.333. The van der Waals surface area contributed by atoms with Crippen molar-refractivity contribution in [1.29, 1.82) is 0 Å². The number of halogens is 1. The molecule has 0 spiro atoms. The monoisotopic (exact) mass is 507 g/mol. The lowest BCUT2D eigenvalue weighted by molar-refractivity contribution is -0.136. The second kappa shape index (κ2) is 13.8. The van der Waals surface area contributed by atoms with Crippen LogP contribution < -0.4 is 5.32 Å². The van der Waals surface area contributed by atoms with E-state index < -0.39 is 5.97 Å². The van der Waals surface area contributed by atoms with E-state index in [0.717, 1.165) is 29.5 Å². The summed E-state index contributed by atoms with van der Waals surface area (Å²) in [6.45, 7) is 5.44. The first-order valence-corrected chi connectivity index (χ1v) is 12.7. The Morgan fingerprint density at radius 1 is 0.917 bits per heavy atom. The summed E-state index contributed by atoms with van der Waals surface area (Å²) >= 11 is 6.17. The van der Waals surface area contributed by atoms with Gasteiger partial charge < -0.3 is 15.2 Å². The van der Waals surface area contributed by atoms with E-state index in [9.17, 15) is 9.59 Å². The highest BCUT2D eigenvalue weighted by Crippen LogP contribution is 2.37. The van der Waals surface area contributed by atoms with E-state index >= 15 is 0 Å². The van der Waals surface area contributed by atoms with E-state index in [-0.39, 0.29) is 30.7 Å². The van der Waals surface area contributed by atoms with Crippen LogP contribution in [0.2, 0.25) is 5.02 Å². The van der Waals surface area contributed by atoms with Gasteiger partial charge in [0.25, 0.3) is 5.91 Å². The number of aryl methyl sites for hydroxylation is 1. The van der Waals surface area contributed by atoms with Gasteiger partial charge >= 0.3 is 5.97 Å². The van der Waals surface area contributed by atoms with Crippen molar-refractivity contribution in [3.8, 4) is 0 Å². The highest BCUT2D eigenvalue weighted by atomic mass is 35.5. The number of hydrogen-bond donors (Lipinski definition) is 2. The molecule has 3 rings (SSSR count). The van der Waals surface area contributed by atoms with Crippen molar-refractivity contribution in [3.05, 3.63) is 106 Å². The van der Waals surface area contributed by atoms with Crippen LogP contribution in [0.25, 0.3) is 0 Å². The average molecular weight is 508 g/mol. The highest BCUT2D eigenvalue weighted by molar-refractivity contribution is 6.30. The number of carboxylic acid groups (broad SMARTS) is 1. The van der Waals surface area contributed by atoms with E-state index in [1.807, 2.05) is 24.3 Å². The Hall–Kier alpha value is -3.15. The Morgan fingerprint density at radius 2 is 1.53 bits per heavy atom. The summed E-state index contributed by atoms with van der Waals surface area (Å²) in [5.41, 5.74) is 5.17. The number of carboxylic acids is 1. The van der Waals surface area contributed by atoms with Gasteiger partial charge in [0.1, 0.15) is 0 Å². The number of carbonyl (C=O) groups is 2. The summed E-state index contributed by atoms with van der Waals surface area (Å²) in [6.07, 6.45) is 1.86. The molecule has 0 saturated carbocycles. The topological polar surface area (TPSA) is 75.6 Å². The largest absolute Gasteiger partial charge is 0.481 e. The lowest BCUT2D eigenvalue weighted by Crippen LogP contribution is -2.26. The smallest absolute Gasteiger partial charge is 0.305 e. The summed E-state index contributed by atoms with van der Waals surface area (Å²) in [7, 11) is 0. The van der Waals surface area contributed by atoms with Gasteiger partial charge in [0.05, 0.1) is 19.6 Å². The summed E-state index contributed by atoms with van der Waals surface area (Å²) in [5, 5.41) is 12.1. The zero-order valence-corrected chi connectivity index (χ0v) is 21.6. The molecule has 0 aliphatic heterocycles. The number of amides is 1. The third-order valence-corrected chi connectivity index (χ3v) is 6.55. The first-order chi connectivity index (χ1) is 17.4. The maximum atomic E-state index is 12.4. The molecular formula is C30H34ClNO4. The zero-order valence-electron chi connectivity index (χ0n) is 20.9. The van der Waals surface area contributed by atoms with Gasteiger partial charge in [0, 0.05) is 23.0 Å². The summed E-state index contributed by atoms with van der Waals surface area (Å²) in [4.78, 5) is 23.1. The first-order valence-electron chi connectivity index (χ1n) is 12.4. The molecule has 36 heavy (non-hydrogen) atoms. The SMILES string of the molecule is CCCC(c1ccc(C(=O)NCCC(=O)O)cc1)C(COCc1ccc(C)cc1)c1ccc(Cl)cc1. The molecule has 0 heterocycles. The van der Waals surface area contributed by atoms with Gasteiger partial charge in [-0.3, -0.25) is 9.59 Å². The summed E-state index contributed by atoms with van der Waals surface area (Å²) < 4.78 is 6.24. The lowest BCUT2D eigenvalue weighted by Gasteiger charge is -2.28. The Bertz CT molecular complexity index is 1110. The van der Waals surface area contributed by atoms with Crippen LogP contribution in [0.5, 0.6) is 0 Å². The quantitative estimate of drug-likeness (QED) is 0.268. The molecule has 0 saturated heterocycles. The van der Waals surface area contributed by atoms with Crippen molar-refractivity contribution in [2.45, 2.75) is 51.6 Å². The van der Waals surface area contributed by atoms with Gasteiger partial charge in [-0.25, -0.2) is 0 Å². The van der Waals surface area contributed by atoms with Crippen LogP contribution in [-0.2, 0) is 16.1 Å². The van der Waals surface area contributed by atoms with Gasteiger partial charge in [-0.1, -0.05) is 79.0 Å². The Labute approximate surface area is 218 Å². The lowest BCUT2D eigenvalue weighted by atomic mass is 9.79. The third-order valence-electron chi connectivity index (χ3n) is 6.30. The zero-order chi connectivity index (χ0) is 25.9. The Kier molecular flexibility index (Phi) is 10.5. The van der Waals surface area contributed by atoms with Gasteiger partial charge in [0.15, 0.2) is 0 Å². The van der Waals surface area contributed by atoms with Crippen LogP contribution in [0, 0.1) is 6.92 Å². The molecule has 0 aromatic heterocycles. The van der Waals surface area contributed by atoms with E-state index in [4.69, 9.17) is 21.4 Å². The maximum Gasteiger partial charge on any atom is 0.305 e. The summed E-state index contributed by atoms with van der Waals surface area (Å²) in [6, 6.07) is 23.9. The molecule has 190 valence electrons. The molecule has 5 nitrogen and oxygen atoms in total. The van der Waals surface area contributed by atoms with E-state index in [1.165, 1.54) is 5.56 Å². The van der Waals surface area contributed by atoms with Crippen LogP contribution in [0.4, 0.5) is 0 Å². The van der Waals surface area contributed by atoms with Crippen molar-refractivity contribution in [2.75, 3.05) is 13.2 Å². The fourth-order valence-electron chi connectivity index (χ4n) is 4.32. The molecule has 0 aliphatic rings. The van der Waals surface area contributed by atoms with Crippen molar-refractivity contribution in [2.24, 2.45) is 0 Å². The van der Waals surface area contributed by atoms with E-state index in [0.29, 0.717) is 23.8 Å². The molecule has 0 bridgehead atoms. The molecule has 2 N–H and O–H groups in total. The number of carbonyl (C=O) groups excluding carboxylic acids is 1.